The van der Waals surface area contributed by atoms with Gasteiger partial charge in [-0.1, -0.05) is 0 Å². The third-order valence-electron chi connectivity index (χ3n) is 5.87. The van der Waals surface area contributed by atoms with Crippen molar-refractivity contribution in [3.05, 3.63) is 29.3 Å². The van der Waals surface area contributed by atoms with Crippen molar-refractivity contribution in [1.82, 2.24) is 4.90 Å². The van der Waals surface area contributed by atoms with Crippen LogP contribution in [0.25, 0.3) is 0 Å². The van der Waals surface area contributed by atoms with Crippen molar-refractivity contribution < 1.29 is 14.6 Å². The molecule has 0 saturated carbocycles. The van der Waals surface area contributed by atoms with Crippen molar-refractivity contribution in [1.29, 1.82) is 0 Å². The van der Waals surface area contributed by atoms with E-state index in [1.165, 1.54) is 11.3 Å². The van der Waals surface area contributed by atoms with Gasteiger partial charge in [0, 0.05) is 57.0 Å². The number of ether oxygens (including phenoxy) is 1. The summed E-state index contributed by atoms with van der Waals surface area (Å²) < 4.78 is 5.49. The lowest BCUT2D eigenvalue weighted by atomic mass is 9.87. The van der Waals surface area contributed by atoms with Gasteiger partial charge in [0.1, 0.15) is 0 Å². The number of carbonyl (C=O) groups is 1. The van der Waals surface area contributed by atoms with E-state index in [1.807, 2.05) is 12.1 Å². The van der Waals surface area contributed by atoms with Crippen molar-refractivity contribution in [2.45, 2.75) is 37.3 Å². The Morgan fingerprint density at radius 2 is 2.04 bits per heavy atom. The smallest absolute Gasteiger partial charge is 0.335 e. The van der Waals surface area contributed by atoms with Gasteiger partial charge in [-0.2, -0.15) is 0 Å². The summed E-state index contributed by atoms with van der Waals surface area (Å²) in [6.45, 7) is 3.91. The van der Waals surface area contributed by atoms with Crippen LogP contribution in [-0.2, 0) is 4.74 Å². The molecule has 0 amide bonds. The lowest BCUT2D eigenvalue weighted by Crippen LogP contribution is -2.50. The standard InChI is InChI=1S/C18H24N2O3/c1-19-16-3-2-12(18(21)22)10-14(16)15-11-20(7-4-17(15)19)13-5-8-23-9-6-13/h2-3,10,13,15,17H,4-9,11H2,1H3,(H,21,22). The van der Waals surface area contributed by atoms with Crippen LogP contribution < -0.4 is 4.90 Å². The van der Waals surface area contributed by atoms with Crippen molar-refractivity contribution in [2.75, 3.05) is 38.3 Å². The molecule has 0 radical (unpaired) electrons. The molecule has 1 N–H and O–H groups in total. The predicted octanol–water partition coefficient (Wildman–Crippen LogP) is 2.17. The molecule has 2 saturated heterocycles. The minimum absolute atomic E-state index is 0.404. The first-order valence-corrected chi connectivity index (χ1v) is 8.57. The molecule has 3 aliphatic heterocycles. The summed E-state index contributed by atoms with van der Waals surface area (Å²) >= 11 is 0. The van der Waals surface area contributed by atoms with Crippen LogP contribution in [0.5, 0.6) is 0 Å². The number of piperidine rings is 1. The molecule has 5 heteroatoms. The van der Waals surface area contributed by atoms with Crippen LogP contribution in [0.15, 0.2) is 18.2 Å². The molecule has 0 aromatic heterocycles. The summed E-state index contributed by atoms with van der Waals surface area (Å²) in [7, 11) is 2.15. The van der Waals surface area contributed by atoms with E-state index in [2.05, 4.69) is 16.8 Å². The van der Waals surface area contributed by atoms with Crippen LogP contribution in [0.2, 0.25) is 0 Å². The average molecular weight is 316 g/mol. The zero-order valence-corrected chi connectivity index (χ0v) is 13.6. The predicted molar refractivity (Wildman–Crippen MR) is 88.4 cm³/mol. The molecule has 1 aromatic carbocycles. The van der Waals surface area contributed by atoms with Crippen LogP contribution in [0.4, 0.5) is 5.69 Å². The summed E-state index contributed by atoms with van der Waals surface area (Å²) in [5.41, 5.74) is 2.83. The van der Waals surface area contributed by atoms with Crippen LogP contribution in [0.3, 0.4) is 0 Å². The second-order valence-electron chi connectivity index (χ2n) is 6.99. The lowest BCUT2D eigenvalue weighted by molar-refractivity contribution is 0.0223. The molecule has 2 fully saturated rings. The van der Waals surface area contributed by atoms with Gasteiger partial charge in [-0.15, -0.1) is 0 Å². The van der Waals surface area contributed by atoms with Gasteiger partial charge in [-0.3, -0.25) is 4.90 Å². The number of nitrogens with zero attached hydrogens (tertiary/aromatic N) is 2. The highest BCUT2D eigenvalue weighted by molar-refractivity contribution is 5.89. The largest absolute Gasteiger partial charge is 0.478 e. The van der Waals surface area contributed by atoms with E-state index in [0.717, 1.165) is 45.6 Å². The van der Waals surface area contributed by atoms with Crippen LogP contribution in [0, 0.1) is 0 Å². The Labute approximate surface area is 136 Å². The molecule has 5 nitrogen and oxygen atoms in total. The first-order valence-electron chi connectivity index (χ1n) is 8.57. The fourth-order valence-electron chi connectivity index (χ4n) is 4.60. The quantitative estimate of drug-likeness (QED) is 0.906. The van der Waals surface area contributed by atoms with E-state index >= 15 is 0 Å². The Kier molecular flexibility index (Phi) is 3.77. The maximum absolute atomic E-state index is 11.3. The molecule has 3 aliphatic rings. The van der Waals surface area contributed by atoms with E-state index in [1.54, 1.807) is 6.07 Å². The molecule has 2 atom stereocenters. The third kappa shape index (κ3) is 2.52. The Hall–Kier alpha value is -1.59. The molecule has 3 heterocycles. The Morgan fingerprint density at radius 1 is 1.26 bits per heavy atom. The highest BCUT2D eigenvalue weighted by Crippen LogP contribution is 2.44. The minimum atomic E-state index is -0.837. The zero-order valence-electron chi connectivity index (χ0n) is 13.6. The number of hydrogen-bond acceptors (Lipinski definition) is 4. The van der Waals surface area contributed by atoms with Crippen LogP contribution in [0.1, 0.15) is 41.1 Å². The fourth-order valence-corrected chi connectivity index (χ4v) is 4.60. The first-order chi connectivity index (χ1) is 11.1. The average Bonchev–Trinajstić information content (AvgIpc) is 2.87. The van der Waals surface area contributed by atoms with Crippen molar-refractivity contribution >= 4 is 11.7 Å². The van der Waals surface area contributed by atoms with Gasteiger partial charge in [0.25, 0.3) is 0 Å². The van der Waals surface area contributed by atoms with Crippen LogP contribution in [-0.4, -0.2) is 61.4 Å². The second-order valence-corrected chi connectivity index (χ2v) is 6.99. The third-order valence-corrected chi connectivity index (χ3v) is 5.87. The van der Waals surface area contributed by atoms with E-state index in [0.29, 0.717) is 23.6 Å². The number of aromatic carboxylic acids is 1. The number of hydrogen-bond donors (Lipinski definition) is 1. The maximum atomic E-state index is 11.3. The molecule has 23 heavy (non-hydrogen) atoms. The highest BCUT2D eigenvalue weighted by atomic mass is 16.5. The monoisotopic (exact) mass is 316 g/mol. The fraction of sp³-hybridized carbons (Fsp3) is 0.611. The van der Waals surface area contributed by atoms with Gasteiger partial charge in [0.2, 0.25) is 0 Å². The molecular formula is C18H24N2O3. The molecule has 0 spiro atoms. The SMILES string of the molecule is CN1c2ccc(C(=O)O)cc2C2CN(C3CCOCC3)CCC21. The number of rotatable bonds is 2. The van der Waals surface area contributed by atoms with Crippen molar-refractivity contribution in [3.63, 3.8) is 0 Å². The second kappa shape index (κ2) is 5.80. The molecule has 0 aliphatic carbocycles. The van der Waals surface area contributed by atoms with E-state index in [-0.39, 0.29) is 0 Å². The number of fused-ring (bicyclic) bond motifs is 3. The molecule has 1 aromatic rings. The molecular weight excluding hydrogens is 292 g/mol. The Morgan fingerprint density at radius 3 is 2.78 bits per heavy atom. The number of carboxylic acid groups (broad SMARTS) is 1. The van der Waals surface area contributed by atoms with Gasteiger partial charge >= 0.3 is 5.97 Å². The summed E-state index contributed by atoms with van der Waals surface area (Å²) in [5.74, 6) is -0.415. The van der Waals surface area contributed by atoms with Crippen LogP contribution >= 0.6 is 0 Å². The number of likely N-dealkylation sites (N-methyl/N-ethyl adjacent to an activating group) is 1. The van der Waals surface area contributed by atoms with E-state index in [9.17, 15) is 9.90 Å². The Balaban J connectivity index is 1.60. The van der Waals surface area contributed by atoms with Gasteiger partial charge in [0.15, 0.2) is 0 Å². The Bertz CT molecular complexity index is 612. The summed E-state index contributed by atoms with van der Waals surface area (Å²) in [4.78, 5) is 16.3. The van der Waals surface area contributed by atoms with Gasteiger partial charge in [-0.05, 0) is 43.0 Å². The molecule has 0 bridgehead atoms. The first kappa shape index (κ1) is 15.0. The highest BCUT2D eigenvalue weighted by Gasteiger charge is 2.42. The summed E-state index contributed by atoms with van der Waals surface area (Å²) in [6, 6.07) is 6.74. The van der Waals surface area contributed by atoms with Gasteiger partial charge in [-0.25, -0.2) is 4.79 Å². The number of likely N-dealkylation sites (tertiary alicyclic amines) is 1. The number of benzene rings is 1. The van der Waals surface area contributed by atoms with E-state index < -0.39 is 5.97 Å². The minimum Gasteiger partial charge on any atom is -0.478 e. The van der Waals surface area contributed by atoms with Gasteiger partial charge in [0.05, 0.1) is 5.56 Å². The lowest BCUT2D eigenvalue weighted by Gasteiger charge is -2.42. The van der Waals surface area contributed by atoms with Gasteiger partial charge < -0.3 is 14.7 Å². The molecule has 124 valence electrons. The maximum Gasteiger partial charge on any atom is 0.335 e. The van der Waals surface area contributed by atoms with E-state index in [4.69, 9.17) is 4.74 Å². The molecule has 2 unspecified atom stereocenters. The summed E-state index contributed by atoms with van der Waals surface area (Å²) in [6.07, 6.45) is 3.39. The zero-order chi connectivity index (χ0) is 16.0. The number of carboxylic acids is 1. The topological polar surface area (TPSA) is 53.0 Å². The normalized spacial score (nSPS) is 28.5. The molecule has 4 rings (SSSR count). The van der Waals surface area contributed by atoms with Crippen molar-refractivity contribution in [3.8, 4) is 0 Å². The summed E-state index contributed by atoms with van der Waals surface area (Å²) in [5, 5.41) is 9.30. The van der Waals surface area contributed by atoms with Crippen molar-refractivity contribution in [2.24, 2.45) is 0 Å². The number of anilines is 1.